The van der Waals surface area contributed by atoms with Crippen molar-refractivity contribution in [2.45, 2.75) is 18.4 Å². The minimum absolute atomic E-state index is 0. The van der Waals surface area contributed by atoms with E-state index in [0.29, 0.717) is 0 Å². The molecule has 0 saturated heterocycles. The van der Waals surface area contributed by atoms with Crippen LogP contribution in [0.3, 0.4) is 0 Å². The first kappa shape index (κ1) is 36.2. The monoisotopic (exact) mass is 326 g/mol. The van der Waals surface area contributed by atoms with E-state index >= 15 is 0 Å². The van der Waals surface area contributed by atoms with E-state index in [9.17, 15) is 14.4 Å². The Bertz CT molecular complexity index is 284. The van der Waals surface area contributed by atoms with Gasteiger partial charge in [0.15, 0.2) is 5.60 Å². The smallest absolute Gasteiger partial charge is 0.336 e. The summed E-state index contributed by atoms with van der Waals surface area (Å²) < 4.78 is 15.4. The minimum Gasteiger partial charge on any atom is -0.481 e. The van der Waals surface area contributed by atoms with Crippen LogP contribution in [0.1, 0.15) is 12.8 Å². The van der Waals surface area contributed by atoms with Crippen LogP contribution in [0.4, 0.5) is 0 Å². The zero-order valence-electron chi connectivity index (χ0n) is 10.6. The lowest BCUT2D eigenvalue weighted by Crippen LogP contribution is -2.42. The highest BCUT2D eigenvalue weighted by molar-refractivity contribution is 7.59. The van der Waals surface area contributed by atoms with Gasteiger partial charge in [-0.3, -0.25) is 9.59 Å². The van der Waals surface area contributed by atoms with Gasteiger partial charge in [-0.05, 0) is 0 Å². The maximum absolute atomic E-state index is 10.3. The first-order chi connectivity index (χ1) is 7.19. The van der Waals surface area contributed by atoms with Gasteiger partial charge in [-0.15, -0.1) is 0 Å². The molecule has 0 aromatic carbocycles. The highest BCUT2D eigenvalue weighted by Gasteiger charge is 2.40. The second-order valence-corrected chi connectivity index (χ2v) is 2.72. The molecule has 0 radical (unpaired) electrons. The Kier molecular flexibility index (Phi) is 31.4. The number of carboxylic acids is 3. The maximum Gasteiger partial charge on any atom is 0.336 e. The molecule has 0 unspecified atom stereocenters. The summed E-state index contributed by atoms with van der Waals surface area (Å²) in [7, 11) is 0. The fraction of sp³-hybridized carbons (Fsp3) is 0.500. The molecule has 0 spiro atoms. The van der Waals surface area contributed by atoms with E-state index in [1.807, 2.05) is 0 Å². The SMILES string of the molecule is N.N.N.N.O=C(O)CC(O)(CC(=O)O)C(=O)O.O=[SH]O. The van der Waals surface area contributed by atoms with Gasteiger partial charge in [0.25, 0.3) is 0 Å². The average molecular weight is 326 g/mol. The van der Waals surface area contributed by atoms with Crippen LogP contribution in [-0.2, 0) is 26.3 Å². The van der Waals surface area contributed by atoms with E-state index in [1.165, 1.54) is 0 Å². The molecule has 126 valence electrons. The van der Waals surface area contributed by atoms with Gasteiger partial charge in [0, 0.05) is 0 Å². The van der Waals surface area contributed by atoms with Crippen molar-refractivity contribution in [3.8, 4) is 0 Å². The molecular weight excluding hydrogens is 304 g/mol. The Morgan fingerprint density at radius 3 is 1.15 bits per heavy atom. The number of hydrogen-bond donors (Lipinski definition) is 10. The first-order valence-corrected chi connectivity index (χ1v) is 4.32. The van der Waals surface area contributed by atoms with Gasteiger partial charge >= 0.3 is 17.9 Å². The number of carboxylic acid groups (broad SMARTS) is 3. The van der Waals surface area contributed by atoms with Crippen molar-refractivity contribution in [1.82, 2.24) is 24.6 Å². The lowest BCUT2D eigenvalue weighted by atomic mass is 9.96. The topological polar surface area (TPSA) is 309 Å². The second-order valence-electron chi connectivity index (χ2n) is 2.56. The van der Waals surface area contributed by atoms with Gasteiger partial charge in [0.1, 0.15) is 11.9 Å². The first-order valence-electron chi connectivity index (χ1n) is 3.55. The molecule has 0 saturated carbocycles. The lowest BCUT2D eigenvalue weighted by Gasteiger charge is -2.18. The number of aliphatic hydroxyl groups is 1. The summed E-state index contributed by atoms with van der Waals surface area (Å²) >= 11 is -0.833. The number of carbonyl (C=O) groups is 3. The van der Waals surface area contributed by atoms with Crippen molar-refractivity contribution >= 4 is 29.9 Å². The van der Waals surface area contributed by atoms with Gasteiger partial charge in [-0.25, -0.2) is 9.00 Å². The van der Waals surface area contributed by atoms with E-state index in [2.05, 4.69) is 0 Å². The van der Waals surface area contributed by atoms with Gasteiger partial charge in [0.05, 0.1) is 12.8 Å². The van der Waals surface area contributed by atoms with E-state index < -0.39 is 48.3 Å². The summed E-state index contributed by atoms with van der Waals surface area (Å²) in [4.78, 5) is 30.5. The van der Waals surface area contributed by atoms with Crippen LogP contribution in [0, 0.1) is 0 Å². The van der Waals surface area contributed by atoms with Crippen LogP contribution < -0.4 is 24.6 Å². The fourth-order valence-electron chi connectivity index (χ4n) is 0.714. The summed E-state index contributed by atoms with van der Waals surface area (Å²) in [6.45, 7) is 0. The van der Waals surface area contributed by atoms with Gasteiger partial charge in [-0.2, -0.15) is 0 Å². The average Bonchev–Trinajstić information content (AvgIpc) is 2.01. The fourth-order valence-corrected chi connectivity index (χ4v) is 0.714. The van der Waals surface area contributed by atoms with Crippen LogP contribution in [0.15, 0.2) is 0 Å². The van der Waals surface area contributed by atoms with Crippen molar-refractivity contribution in [1.29, 1.82) is 0 Å². The lowest BCUT2D eigenvalue weighted by molar-refractivity contribution is -0.170. The molecule has 20 heavy (non-hydrogen) atoms. The van der Waals surface area contributed by atoms with Crippen LogP contribution in [-0.4, -0.2) is 52.7 Å². The van der Waals surface area contributed by atoms with Crippen molar-refractivity contribution in [2.24, 2.45) is 0 Å². The summed E-state index contributed by atoms with van der Waals surface area (Å²) in [6, 6.07) is 0. The van der Waals surface area contributed by atoms with Crippen LogP contribution in [0.2, 0.25) is 0 Å². The number of aliphatic carboxylic acids is 3. The summed E-state index contributed by atoms with van der Waals surface area (Å²) in [5, 5.41) is 33.8. The Balaban J connectivity index is -0.0000000641. The Morgan fingerprint density at radius 1 is 0.850 bits per heavy atom. The van der Waals surface area contributed by atoms with Crippen LogP contribution in [0.25, 0.3) is 0 Å². The molecule has 0 aromatic heterocycles. The third kappa shape index (κ3) is 18.7. The van der Waals surface area contributed by atoms with Gasteiger partial charge < -0.3 is 49.6 Å². The minimum atomic E-state index is -2.74. The number of hydrogen-bond acceptors (Lipinski definition) is 9. The molecule has 0 fully saturated rings. The molecule has 0 heterocycles. The molecular formula is C6H22N4O9S. The predicted octanol–water partition coefficient (Wildman–Crippen LogP) is -1.20. The normalized spacial score (nSPS) is 7.90. The molecule has 0 aliphatic rings. The molecule has 0 aliphatic carbocycles. The molecule has 0 bridgehead atoms. The second kappa shape index (κ2) is 17.3. The van der Waals surface area contributed by atoms with E-state index in [4.69, 9.17) is 29.2 Å². The highest BCUT2D eigenvalue weighted by Crippen LogP contribution is 2.15. The molecule has 0 aromatic rings. The third-order valence-electron chi connectivity index (χ3n) is 1.29. The van der Waals surface area contributed by atoms with Crippen LogP contribution in [0.5, 0.6) is 0 Å². The van der Waals surface area contributed by atoms with Crippen molar-refractivity contribution in [2.75, 3.05) is 0 Å². The molecule has 0 atom stereocenters. The zero-order chi connectivity index (χ0) is 13.4. The summed E-state index contributed by atoms with van der Waals surface area (Å²) in [5.41, 5.74) is -2.74. The summed E-state index contributed by atoms with van der Waals surface area (Å²) in [6.07, 6.45) is -2.29. The third-order valence-corrected chi connectivity index (χ3v) is 1.29. The highest BCUT2D eigenvalue weighted by atomic mass is 32.2. The zero-order valence-corrected chi connectivity index (χ0v) is 11.5. The molecule has 17 N–H and O–H groups in total. The maximum atomic E-state index is 10.3. The molecule has 14 heteroatoms. The van der Waals surface area contributed by atoms with E-state index in [0.717, 1.165) is 0 Å². The molecule has 0 rings (SSSR count). The molecule has 0 amide bonds. The summed E-state index contributed by atoms with van der Waals surface area (Å²) in [5.74, 6) is -5.02. The number of rotatable bonds is 5. The van der Waals surface area contributed by atoms with Crippen LogP contribution >= 0.6 is 0 Å². The Hall–Kier alpha value is -1.68. The van der Waals surface area contributed by atoms with E-state index in [1.54, 1.807) is 0 Å². The predicted molar refractivity (Wildman–Crippen MR) is 69.3 cm³/mol. The largest absolute Gasteiger partial charge is 0.481 e. The van der Waals surface area contributed by atoms with E-state index in [-0.39, 0.29) is 24.6 Å². The standard InChI is InChI=1S/C6H8O7.4H3N.H2O2S/c7-3(8)1-6(13,5(11)12)2-4(9)10;;;;;1-3-2/h13H,1-2H2,(H,7,8)(H,9,10)(H,11,12);4*1H3;3H,(H,1,2). The quantitative estimate of drug-likeness (QED) is 0.210. The number of thiol groups is 1. The Morgan fingerprint density at radius 2 is 1.05 bits per heavy atom. The van der Waals surface area contributed by atoms with Crippen molar-refractivity contribution in [3.05, 3.63) is 0 Å². The van der Waals surface area contributed by atoms with Gasteiger partial charge in [-0.1, -0.05) is 0 Å². The van der Waals surface area contributed by atoms with Crippen molar-refractivity contribution < 1.29 is 43.6 Å². The van der Waals surface area contributed by atoms with Gasteiger partial charge in [0.2, 0.25) is 0 Å². The molecule has 13 nitrogen and oxygen atoms in total. The van der Waals surface area contributed by atoms with Crippen molar-refractivity contribution in [3.63, 3.8) is 0 Å². The molecule has 0 aliphatic heterocycles. The Labute approximate surface area is 117 Å².